The second-order valence-corrected chi connectivity index (χ2v) is 4.87. The van der Waals surface area contributed by atoms with Crippen molar-refractivity contribution in [3.05, 3.63) is 34.4 Å². The van der Waals surface area contributed by atoms with Crippen molar-refractivity contribution in [2.24, 2.45) is 5.92 Å². The van der Waals surface area contributed by atoms with Gasteiger partial charge in [0.15, 0.2) is 11.6 Å². The summed E-state index contributed by atoms with van der Waals surface area (Å²) in [5.41, 5.74) is -0.250. The average molecular weight is 306 g/mol. The summed E-state index contributed by atoms with van der Waals surface area (Å²) in [6.45, 7) is 3.41. The smallest absolute Gasteiger partial charge is 0.328 e. The van der Waals surface area contributed by atoms with E-state index in [4.69, 9.17) is 11.6 Å². The fraction of sp³-hybridized carbons (Fsp3) is 0.385. The van der Waals surface area contributed by atoms with Crippen molar-refractivity contribution in [1.29, 1.82) is 0 Å². The van der Waals surface area contributed by atoms with E-state index < -0.39 is 29.6 Å². The van der Waals surface area contributed by atoms with Gasteiger partial charge in [-0.05, 0) is 18.1 Å². The number of methoxy groups -OCH3 is 1. The quantitative estimate of drug-likeness (QED) is 0.687. The summed E-state index contributed by atoms with van der Waals surface area (Å²) in [5.74, 6) is -4.00. The molecule has 4 nitrogen and oxygen atoms in total. The number of nitrogens with one attached hydrogen (secondary N) is 1. The summed E-state index contributed by atoms with van der Waals surface area (Å²) in [6.07, 6.45) is 0. The molecule has 1 aromatic carbocycles. The molecular formula is C13H14ClF2NO3. The van der Waals surface area contributed by atoms with Crippen LogP contribution in [0.2, 0.25) is 5.02 Å². The van der Waals surface area contributed by atoms with Crippen LogP contribution in [0.3, 0.4) is 0 Å². The number of esters is 1. The summed E-state index contributed by atoms with van der Waals surface area (Å²) in [4.78, 5) is 23.5. The lowest BCUT2D eigenvalue weighted by molar-refractivity contribution is -0.144. The van der Waals surface area contributed by atoms with Crippen molar-refractivity contribution in [3.63, 3.8) is 0 Å². The van der Waals surface area contributed by atoms with Crippen molar-refractivity contribution in [2.45, 2.75) is 19.9 Å². The monoisotopic (exact) mass is 305 g/mol. The molecule has 7 heteroatoms. The Kier molecular flexibility index (Phi) is 5.44. The average Bonchev–Trinajstić information content (AvgIpc) is 2.38. The van der Waals surface area contributed by atoms with E-state index in [2.05, 4.69) is 10.1 Å². The fourth-order valence-corrected chi connectivity index (χ4v) is 1.78. The molecule has 0 aliphatic rings. The van der Waals surface area contributed by atoms with Crippen molar-refractivity contribution < 1.29 is 23.1 Å². The molecule has 0 aliphatic heterocycles. The van der Waals surface area contributed by atoms with Gasteiger partial charge in [0.2, 0.25) is 0 Å². The van der Waals surface area contributed by atoms with Gasteiger partial charge in [-0.25, -0.2) is 13.6 Å². The summed E-state index contributed by atoms with van der Waals surface area (Å²) >= 11 is 5.69. The lowest BCUT2D eigenvalue weighted by Gasteiger charge is -2.20. The molecule has 0 fully saturated rings. The van der Waals surface area contributed by atoms with E-state index in [1.807, 2.05) is 0 Å². The lowest BCUT2D eigenvalue weighted by Crippen LogP contribution is -2.45. The lowest BCUT2D eigenvalue weighted by atomic mass is 10.0. The van der Waals surface area contributed by atoms with E-state index in [0.717, 1.165) is 0 Å². The Morgan fingerprint density at radius 2 is 1.80 bits per heavy atom. The van der Waals surface area contributed by atoms with Gasteiger partial charge >= 0.3 is 5.97 Å². The molecule has 1 amide bonds. The first-order valence-electron chi connectivity index (χ1n) is 5.81. The van der Waals surface area contributed by atoms with Crippen molar-refractivity contribution in [2.75, 3.05) is 7.11 Å². The van der Waals surface area contributed by atoms with E-state index in [9.17, 15) is 18.4 Å². The second kappa shape index (κ2) is 6.65. The summed E-state index contributed by atoms with van der Waals surface area (Å²) < 4.78 is 30.6. The first-order valence-corrected chi connectivity index (χ1v) is 6.19. The summed E-state index contributed by atoms with van der Waals surface area (Å²) in [7, 11) is 1.19. The standard InChI is InChI=1S/C13H14ClF2NO3/c1-6(2)11(13(19)20-3)17-12(18)7-4-9(15)10(16)5-8(7)14/h4-6,11H,1-3H3,(H,17,18). The van der Waals surface area contributed by atoms with Crippen molar-refractivity contribution in [3.8, 4) is 0 Å². The molecule has 110 valence electrons. The first-order chi connectivity index (χ1) is 9.27. The maximum Gasteiger partial charge on any atom is 0.328 e. The zero-order chi connectivity index (χ0) is 15.4. The normalized spacial score (nSPS) is 12.2. The number of hydrogen-bond donors (Lipinski definition) is 1. The van der Waals surface area contributed by atoms with Crippen molar-refractivity contribution >= 4 is 23.5 Å². The Balaban J connectivity index is 3.01. The highest BCUT2D eigenvalue weighted by atomic mass is 35.5. The van der Waals surface area contributed by atoms with Gasteiger partial charge in [-0.3, -0.25) is 4.79 Å². The van der Waals surface area contributed by atoms with E-state index in [-0.39, 0.29) is 16.5 Å². The zero-order valence-electron chi connectivity index (χ0n) is 11.2. The van der Waals surface area contributed by atoms with E-state index >= 15 is 0 Å². The molecular weight excluding hydrogens is 292 g/mol. The molecule has 1 unspecified atom stereocenters. The molecule has 0 aliphatic carbocycles. The van der Waals surface area contributed by atoms with Gasteiger partial charge in [-0.15, -0.1) is 0 Å². The largest absolute Gasteiger partial charge is 0.467 e. The van der Waals surface area contributed by atoms with Crippen LogP contribution in [-0.2, 0) is 9.53 Å². The number of carbonyl (C=O) groups excluding carboxylic acids is 2. The number of ether oxygens (including phenoxy) is 1. The van der Waals surface area contributed by atoms with Crippen LogP contribution in [0.4, 0.5) is 8.78 Å². The molecule has 0 aromatic heterocycles. The molecule has 0 radical (unpaired) electrons. The fourth-order valence-electron chi connectivity index (χ4n) is 1.54. The van der Waals surface area contributed by atoms with Gasteiger partial charge < -0.3 is 10.1 Å². The predicted molar refractivity (Wildman–Crippen MR) is 69.5 cm³/mol. The molecule has 0 spiro atoms. The zero-order valence-corrected chi connectivity index (χ0v) is 11.9. The van der Waals surface area contributed by atoms with Crippen LogP contribution >= 0.6 is 11.6 Å². The molecule has 1 aromatic rings. The minimum absolute atomic E-state index is 0.240. The Hall–Kier alpha value is -1.69. The maximum absolute atomic E-state index is 13.1. The van der Waals surface area contributed by atoms with Gasteiger partial charge in [0.25, 0.3) is 5.91 Å². The third-order valence-corrected chi connectivity index (χ3v) is 2.98. The van der Waals surface area contributed by atoms with Gasteiger partial charge in [0.1, 0.15) is 6.04 Å². The number of hydrogen-bond acceptors (Lipinski definition) is 3. The maximum atomic E-state index is 13.1. The number of rotatable bonds is 4. The SMILES string of the molecule is COC(=O)C(NC(=O)c1cc(F)c(F)cc1Cl)C(C)C. The van der Waals surface area contributed by atoms with E-state index in [1.165, 1.54) is 7.11 Å². The Morgan fingerprint density at radius 1 is 1.25 bits per heavy atom. The highest BCUT2D eigenvalue weighted by molar-refractivity contribution is 6.33. The number of carbonyl (C=O) groups is 2. The minimum Gasteiger partial charge on any atom is -0.467 e. The molecule has 1 rings (SSSR count). The predicted octanol–water partition coefficient (Wildman–Crippen LogP) is 2.55. The number of benzene rings is 1. The van der Waals surface area contributed by atoms with Gasteiger partial charge in [0, 0.05) is 0 Å². The van der Waals surface area contributed by atoms with Crippen LogP contribution in [0.25, 0.3) is 0 Å². The van der Waals surface area contributed by atoms with Crippen LogP contribution in [0.1, 0.15) is 24.2 Å². The van der Waals surface area contributed by atoms with Gasteiger partial charge in [0.05, 0.1) is 17.7 Å². The highest BCUT2D eigenvalue weighted by Gasteiger charge is 2.26. The van der Waals surface area contributed by atoms with Gasteiger partial charge in [-0.1, -0.05) is 25.4 Å². The molecule has 0 bridgehead atoms. The van der Waals surface area contributed by atoms with Crippen molar-refractivity contribution in [1.82, 2.24) is 5.32 Å². The van der Waals surface area contributed by atoms with Gasteiger partial charge in [-0.2, -0.15) is 0 Å². The molecule has 1 N–H and O–H groups in total. The Morgan fingerprint density at radius 3 is 2.30 bits per heavy atom. The summed E-state index contributed by atoms with van der Waals surface area (Å²) in [6, 6.07) is 0.479. The second-order valence-electron chi connectivity index (χ2n) is 4.46. The van der Waals surface area contributed by atoms with Crippen LogP contribution in [0.15, 0.2) is 12.1 Å². The van der Waals surface area contributed by atoms with Crippen LogP contribution in [0, 0.1) is 17.6 Å². The Bertz CT molecular complexity index is 535. The molecule has 1 atom stereocenters. The van der Waals surface area contributed by atoms with Crippen LogP contribution in [0.5, 0.6) is 0 Å². The molecule has 0 saturated heterocycles. The van der Waals surface area contributed by atoms with E-state index in [0.29, 0.717) is 12.1 Å². The number of halogens is 3. The Labute approximate surface area is 120 Å². The third kappa shape index (κ3) is 3.66. The van der Waals surface area contributed by atoms with E-state index in [1.54, 1.807) is 13.8 Å². The number of amides is 1. The molecule has 20 heavy (non-hydrogen) atoms. The topological polar surface area (TPSA) is 55.4 Å². The van der Waals surface area contributed by atoms with Crippen LogP contribution < -0.4 is 5.32 Å². The first kappa shape index (κ1) is 16.4. The van der Waals surface area contributed by atoms with Crippen LogP contribution in [-0.4, -0.2) is 25.0 Å². The summed E-state index contributed by atoms with van der Waals surface area (Å²) in [5, 5.41) is 2.14. The highest BCUT2D eigenvalue weighted by Crippen LogP contribution is 2.20. The third-order valence-electron chi connectivity index (χ3n) is 2.66. The molecule has 0 heterocycles. The minimum atomic E-state index is -1.20. The molecule has 0 saturated carbocycles.